The van der Waals surface area contributed by atoms with Gasteiger partial charge >= 0.3 is 0 Å². The van der Waals surface area contributed by atoms with Crippen LogP contribution in [0.3, 0.4) is 0 Å². The first kappa shape index (κ1) is 17.2. The van der Waals surface area contributed by atoms with E-state index in [1.165, 1.54) is 7.11 Å². The second-order valence-corrected chi connectivity index (χ2v) is 6.87. The molecule has 0 atom stereocenters. The summed E-state index contributed by atoms with van der Waals surface area (Å²) in [5, 5.41) is 3.64. The highest BCUT2D eigenvalue weighted by Gasteiger charge is 2.48. The molecule has 7 heteroatoms. The summed E-state index contributed by atoms with van der Waals surface area (Å²) in [6, 6.07) is 9.21. The summed E-state index contributed by atoms with van der Waals surface area (Å²) in [5.41, 5.74) is -0.511. The summed E-state index contributed by atoms with van der Waals surface area (Å²) in [6.07, 6.45) is -0.741. The summed E-state index contributed by atoms with van der Waals surface area (Å²) < 4.78 is 32.9. The number of nitrogens with zero attached hydrogens (tertiary/aromatic N) is 1. The minimum Gasteiger partial charge on any atom is -0.368 e. The first-order valence-electron chi connectivity index (χ1n) is 7.65. The molecule has 0 bridgehead atoms. The van der Waals surface area contributed by atoms with E-state index in [9.17, 15) is 13.6 Å². The first-order chi connectivity index (χ1) is 11.4. The van der Waals surface area contributed by atoms with Gasteiger partial charge in [-0.25, -0.2) is 13.8 Å². The maximum Gasteiger partial charge on any atom is 0.257 e. The van der Waals surface area contributed by atoms with Crippen LogP contribution in [0.2, 0.25) is 0 Å². The fourth-order valence-corrected chi connectivity index (χ4v) is 3.42. The minimum absolute atomic E-state index is 0.0143. The zero-order valence-corrected chi connectivity index (χ0v) is 14.7. The number of hydrogen-bond acceptors (Lipinski definition) is 3. The Kier molecular flexibility index (Phi) is 4.57. The maximum absolute atomic E-state index is 13.4. The number of methoxy groups -OCH3 is 1. The Morgan fingerprint density at radius 1 is 1.21 bits per heavy atom. The van der Waals surface area contributed by atoms with Gasteiger partial charge in [-0.2, -0.15) is 0 Å². The molecule has 0 spiro atoms. The number of pyridine rings is 1. The molecule has 2 aromatic rings. The van der Waals surface area contributed by atoms with Crippen LogP contribution >= 0.6 is 15.9 Å². The van der Waals surface area contributed by atoms with Gasteiger partial charge in [-0.3, -0.25) is 4.79 Å². The third-order valence-corrected chi connectivity index (χ3v) is 5.15. The van der Waals surface area contributed by atoms with Gasteiger partial charge in [0, 0.05) is 29.8 Å². The van der Waals surface area contributed by atoms with Crippen molar-refractivity contribution in [1.82, 2.24) is 4.98 Å². The molecule has 4 nitrogen and oxygen atoms in total. The monoisotopic (exact) mass is 398 g/mol. The average Bonchev–Trinajstić information content (AvgIpc) is 2.56. The molecular formula is C17H17BrF2N2O2. The number of rotatable bonds is 3. The van der Waals surface area contributed by atoms with Gasteiger partial charge in [0.05, 0.1) is 5.52 Å². The molecule has 1 aromatic heterocycles. The summed E-state index contributed by atoms with van der Waals surface area (Å²) in [6.45, 7) is 0. The Hall–Kier alpha value is -1.60. The van der Waals surface area contributed by atoms with E-state index in [1.807, 2.05) is 24.3 Å². The van der Waals surface area contributed by atoms with Crippen molar-refractivity contribution in [2.45, 2.75) is 37.2 Å². The van der Waals surface area contributed by atoms with E-state index in [-0.39, 0.29) is 25.7 Å². The predicted octanol–water partition coefficient (Wildman–Crippen LogP) is 4.53. The van der Waals surface area contributed by atoms with E-state index in [2.05, 4.69) is 26.2 Å². The lowest BCUT2D eigenvalue weighted by Crippen LogP contribution is -2.49. The second-order valence-electron chi connectivity index (χ2n) is 6.02. The molecular weight excluding hydrogens is 382 g/mol. The van der Waals surface area contributed by atoms with Crippen molar-refractivity contribution in [3.63, 3.8) is 0 Å². The molecule has 24 heavy (non-hydrogen) atoms. The molecule has 3 rings (SSSR count). The number of amides is 1. The number of halogens is 3. The molecule has 1 fully saturated rings. The Morgan fingerprint density at radius 3 is 2.58 bits per heavy atom. The largest absolute Gasteiger partial charge is 0.368 e. The first-order valence-corrected chi connectivity index (χ1v) is 8.44. The Labute approximate surface area is 146 Å². The average molecular weight is 399 g/mol. The number of carbonyl (C=O) groups is 1. The molecule has 1 heterocycles. The number of para-hydroxylation sites is 1. The minimum atomic E-state index is -2.73. The van der Waals surface area contributed by atoms with Crippen molar-refractivity contribution < 1.29 is 18.3 Å². The third kappa shape index (κ3) is 3.28. The second kappa shape index (κ2) is 6.37. The van der Waals surface area contributed by atoms with Crippen LogP contribution in [0.1, 0.15) is 25.7 Å². The van der Waals surface area contributed by atoms with Gasteiger partial charge in [-0.1, -0.05) is 12.1 Å². The topological polar surface area (TPSA) is 51.2 Å². The van der Waals surface area contributed by atoms with Gasteiger partial charge < -0.3 is 10.1 Å². The highest BCUT2D eigenvalue weighted by Crippen LogP contribution is 2.40. The van der Waals surface area contributed by atoms with E-state index in [4.69, 9.17) is 4.74 Å². The van der Waals surface area contributed by atoms with E-state index in [1.54, 1.807) is 6.07 Å². The number of nitrogens with one attached hydrogen (secondary N) is 1. The molecule has 1 saturated carbocycles. The van der Waals surface area contributed by atoms with E-state index in [0.717, 1.165) is 15.4 Å². The lowest BCUT2D eigenvalue weighted by Gasteiger charge is -2.37. The Morgan fingerprint density at radius 2 is 1.92 bits per heavy atom. The molecule has 1 aromatic carbocycles. The van der Waals surface area contributed by atoms with Gasteiger partial charge in [-0.05, 0) is 47.0 Å². The molecule has 0 unspecified atom stereocenters. The molecule has 1 N–H and O–H groups in total. The quantitative estimate of drug-likeness (QED) is 0.825. The summed E-state index contributed by atoms with van der Waals surface area (Å²) >= 11 is 3.43. The van der Waals surface area contributed by atoms with Gasteiger partial charge in [0.1, 0.15) is 11.4 Å². The van der Waals surface area contributed by atoms with E-state index >= 15 is 0 Å². The fraction of sp³-hybridized carbons (Fsp3) is 0.412. The number of carbonyl (C=O) groups excluding carboxylic acids is 1. The fourth-order valence-electron chi connectivity index (χ4n) is 2.95. The highest BCUT2D eigenvalue weighted by molar-refractivity contribution is 9.10. The normalized spacial score (nSPS) is 19.2. The summed E-state index contributed by atoms with van der Waals surface area (Å²) in [7, 11) is 1.38. The summed E-state index contributed by atoms with van der Waals surface area (Å²) in [4.78, 5) is 17.0. The summed E-state index contributed by atoms with van der Waals surface area (Å²) in [5.74, 6) is -2.79. The predicted molar refractivity (Wildman–Crippen MR) is 91.2 cm³/mol. The number of benzene rings is 1. The number of hydrogen-bond donors (Lipinski definition) is 1. The molecule has 128 valence electrons. The van der Waals surface area contributed by atoms with E-state index < -0.39 is 17.4 Å². The Bertz CT molecular complexity index is 772. The van der Waals surface area contributed by atoms with Crippen LogP contribution in [0.25, 0.3) is 10.9 Å². The van der Waals surface area contributed by atoms with Crippen LogP contribution in [0.5, 0.6) is 0 Å². The van der Waals surface area contributed by atoms with Gasteiger partial charge in [0.15, 0.2) is 0 Å². The SMILES string of the molecule is COC1(C(=O)Nc2ccc3cccc(Br)c3n2)CCC(F)(F)CC1. The maximum atomic E-state index is 13.4. The zero-order chi connectivity index (χ0) is 17.4. The van der Waals surface area contributed by atoms with Crippen LogP contribution in [0.15, 0.2) is 34.8 Å². The van der Waals surface area contributed by atoms with Crippen molar-refractivity contribution >= 4 is 38.6 Å². The molecule has 1 amide bonds. The Balaban J connectivity index is 1.82. The van der Waals surface area contributed by atoms with Crippen molar-refractivity contribution in [1.29, 1.82) is 0 Å². The van der Waals surface area contributed by atoms with Gasteiger partial charge in [-0.15, -0.1) is 0 Å². The number of fused-ring (bicyclic) bond motifs is 1. The number of aromatic nitrogens is 1. The van der Waals surface area contributed by atoms with Crippen molar-refractivity contribution in [3.8, 4) is 0 Å². The van der Waals surface area contributed by atoms with Gasteiger partial charge in [0.2, 0.25) is 5.92 Å². The standard InChI is InChI=1S/C17H17BrF2N2O2/c1-24-16(7-9-17(19,20)10-8-16)15(23)22-13-6-5-11-3-2-4-12(18)14(11)21-13/h2-6H,7-10H2,1H3,(H,21,22,23). The third-order valence-electron chi connectivity index (χ3n) is 4.51. The van der Waals surface area contributed by atoms with Crippen molar-refractivity contribution in [2.24, 2.45) is 0 Å². The molecule has 0 saturated heterocycles. The van der Waals surface area contributed by atoms with Crippen LogP contribution in [-0.4, -0.2) is 29.5 Å². The van der Waals surface area contributed by atoms with Crippen LogP contribution < -0.4 is 5.32 Å². The van der Waals surface area contributed by atoms with Gasteiger partial charge in [0.25, 0.3) is 5.91 Å². The zero-order valence-electron chi connectivity index (χ0n) is 13.1. The van der Waals surface area contributed by atoms with Crippen LogP contribution in [0.4, 0.5) is 14.6 Å². The smallest absolute Gasteiger partial charge is 0.257 e. The van der Waals surface area contributed by atoms with Crippen LogP contribution in [-0.2, 0) is 9.53 Å². The van der Waals surface area contributed by atoms with Crippen LogP contribution in [0, 0.1) is 0 Å². The number of anilines is 1. The lowest BCUT2D eigenvalue weighted by molar-refractivity contribution is -0.154. The molecule has 0 radical (unpaired) electrons. The molecule has 1 aliphatic rings. The highest BCUT2D eigenvalue weighted by atomic mass is 79.9. The number of alkyl halides is 2. The van der Waals surface area contributed by atoms with Crippen molar-refractivity contribution in [2.75, 3.05) is 12.4 Å². The lowest BCUT2D eigenvalue weighted by atomic mass is 9.82. The number of ether oxygens (including phenoxy) is 1. The molecule has 0 aliphatic heterocycles. The van der Waals surface area contributed by atoms with E-state index in [0.29, 0.717) is 5.82 Å². The molecule has 1 aliphatic carbocycles. The van der Waals surface area contributed by atoms with Crippen molar-refractivity contribution in [3.05, 3.63) is 34.8 Å².